The molecule has 1 aromatic carbocycles. The number of aromatic nitrogens is 1. The Balaban J connectivity index is 2.49. The molecule has 0 saturated heterocycles. The number of rotatable bonds is 4. The third-order valence-corrected chi connectivity index (χ3v) is 3.18. The van der Waals surface area contributed by atoms with E-state index in [2.05, 4.69) is 10.5 Å². The number of hydrogen-bond donors (Lipinski definition) is 2. The molecule has 0 spiro atoms. The minimum Gasteiger partial charge on any atom is -0.497 e. The average molecular weight is 318 g/mol. The SMILES string of the molecule is COc1ccc(-c2noc([C@H](C)O)c2C(=O)NC(C)(C)C)cc1. The Kier molecular flexibility index (Phi) is 4.75. The molecule has 0 aliphatic heterocycles. The number of carbonyl (C=O) groups is 1. The molecule has 0 bridgehead atoms. The van der Waals surface area contributed by atoms with Gasteiger partial charge < -0.3 is 19.7 Å². The minimum absolute atomic E-state index is 0.151. The van der Waals surface area contributed by atoms with Gasteiger partial charge in [-0.15, -0.1) is 0 Å². The number of methoxy groups -OCH3 is 1. The molecular weight excluding hydrogens is 296 g/mol. The fraction of sp³-hybridized carbons (Fsp3) is 0.412. The number of nitrogens with zero attached hydrogens (tertiary/aromatic N) is 1. The van der Waals surface area contributed by atoms with E-state index < -0.39 is 11.6 Å². The van der Waals surface area contributed by atoms with E-state index in [1.165, 1.54) is 6.92 Å². The number of hydrogen-bond acceptors (Lipinski definition) is 5. The van der Waals surface area contributed by atoms with Crippen molar-refractivity contribution in [3.63, 3.8) is 0 Å². The fourth-order valence-corrected chi connectivity index (χ4v) is 2.16. The first kappa shape index (κ1) is 17.0. The number of carbonyl (C=O) groups excluding carboxylic acids is 1. The van der Waals surface area contributed by atoms with Crippen molar-refractivity contribution in [1.29, 1.82) is 0 Å². The van der Waals surface area contributed by atoms with Crippen molar-refractivity contribution in [3.05, 3.63) is 35.6 Å². The minimum atomic E-state index is -0.935. The Morgan fingerprint density at radius 3 is 2.39 bits per heavy atom. The molecule has 23 heavy (non-hydrogen) atoms. The summed E-state index contributed by atoms with van der Waals surface area (Å²) >= 11 is 0. The van der Waals surface area contributed by atoms with Crippen LogP contribution < -0.4 is 10.1 Å². The highest BCUT2D eigenvalue weighted by Gasteiger charge is 2.28. The molecule has 1 heterocycles. The molecule has 0 aliphatic rings. The Bertz CT molecular complexity index is 682. The first-order chi connectivity index (χ1) is 10.7. The van der Waals surface area contributed by atoms with Gasteiger partial charge in [0.1, 0.15) is 23.1 Å². The highest BCUT2D eigenvalue weighted by atomic mass is 16.5. The predicted octanol–water partition coefficient (Wildman–Crippen LogP) is 2.93. The maximum atomic E-state index is 12.6. The molecule has 2 aromatic rings. The lowest BCUT2D eigenvalue weighted by Gasteiger charge is -2.20. The molecule has 0 saturated carbocycles. The van der Waals surface area contributed by atoms with E-state index in [-0.39, 0.29) is 17.2 Å². The van der Waals surface area contributed by atoms with Gasteiger partial charge in [-0.05, 0) is 52.0 Å². The van der Waals surface area contributed by atoms with Crippen LogP contribution in [0.5, 0.6) is 5.75 Å². The standard InChI is InChI=1S/C17H22N2O4/c1-10(20)15-13(16(21)18-17(2,3)4)14(19-23-15)11-6-8-12(22-5)9-7-11/h6-10,20H,1-5H3,(H,18,21)/t10-/m0/s1. The van der Waals surface area contributed by atoms with Crippen LogP contribution in [0.1, 0.15) is 49.9 Å². The molecule has 0 fully saturated rings. The smallest absolute Gasteiger partial charge is 0.257 e. The molecule has 0 aliphatic carbocycles. The molecule has 6 nitrogen and oxygen atoms in total. The third kappa shape index (κ3) is 3.90. The Hall–Kier alpha value is -2.34. The third-order valence-electron chi connectivity index (χ3n) is 3.18. The number of nitrogens with one attached hydrogen (secondary N) is 1. The monoisotopic (exact) mass is 318 g/mol. The van der Waals surface area contributed by atoms with Crippen LogP contribution in [0.3, 0.4) is 0 Å². The van der Waals surface area contributed by atoms with Crippen molar-refractivity contribution in [3.8, 4) is 17.0 Å². The molecule has 1 aromatic heterocycles. The largest absolute Gasteiger partial charge is 0.497 e. The van der Waals surface area contributed by atoms with Gasteiger partial charge in [-0.3, -0.25) is 4.79 Å². The summed E-state index contributed by atoms with van der Waals surface area (Å²) < 4.78 is 10.3. The van der Waals surface area contributed by atoms with E-state index in [1.54, 1.807) is 31.4 Å². The zero-order valence-electron chi connectivity index (χ0n) is 14.0. The van der Waals surface area contributed by atoms with Gasteiger partial charge in [0, 0.05) is 11.1 Å². The zero-order valence-corrected chi connectivity index (χ0v) is 14.0. The van der Waals surface area contributed by atoms with Crippen LogP contribution in [0.2, 0.25) is 0 Å². The van der Waals surface area contributed by atoms with E-state index in [0.29, 0.717) is 17.0 Å². The Morgan fingerprint density at radius 1 is 1.30 bits per heavy atom. The second-order valence-electron chi connectivity index (χ2n) is 6.38. The van der Waals surface area contributed by atoms with Gasteiger partial charge in [0.2, 0.25) is 0 Å². The van der Waals surface area contributed by atoms with Gasteiger partial charge in [0.05, 0.1) is 7.11 Å². The summed E-state index contributed by atoms with van der Waals surface area (Å²) in [6, 6.07) is 7.13. The Morgan fingerprint density at radius 2 is 1.91 bits per heavy atom. The number of aliphatic hydroxyl groups is 1. The molecule has 1 amide bonds. The van der Waals surface area contributed by atoms with Crippen LogP contribution in [0.4, 0.5) is 0 Å². The van der Waals surface area contributed by atoms with Crippen LogP contribution >= 0.6 is 0 Å². The number of amides is 1. The fourth-order valence-electron chi connectivity index (χ4n) is 2.16. The van der Waals surface area contributed by atoms with Crippen LogP contribution in [0, 0.1) is 0 Å². The van der Waals surface area contributed by atoms with Crippen LogP contribution in [0.25, 0.3) is 11.3 Å². The molecule has 124 valence electrons. The zero-order chi connectivity index (χ0) is 17.2. The van der Waals surface area contributed by atoms with Crippen molar-refractivity contribution in [2.45, 2.75) is 39.3 Å². The van der Waals surface area contributed by atoms with Gasteiger partial charge in [-0.25, -0.2) is 0 Å². The second-order valence-corrected chi connectivity index (χ2v) is 6.38. The number of aliphatic hydroxyl groups excluding tert-OH is 1. The maximum absolute atomic E-state index is 12.6. The summed E-state index contributed by atoms with van der Waals surface area (Å²) in [5.74, 6) is 0.520. The first-order valence-electron chi connectivity index (χ1n) is 7.37. The topological polar surface area (TPSA) is 84.6 Å². The quantitative estimate of drug-likeness (QED) is 0.905. The van der Waals surface area contributed by atoms with E-state index in [0.717, 1.165) is 0 Å². The summed E-state index contributed by atoms with van der Waals surface area (Å²) in [6.45, 7) is 7.18. The molecule has 1 atom stereocenters. The van der Waals surface area contributed by atoms with E-state index >= 15 is 0 Å². The number of benzene rings is 1. The summed E-state index contributed by atoms with van der Waals surface area (Å²) in [5, 5.41) is 16.7. The molecular formula is C17H22N2O4. The van der Waals surface area contributed by atoms with Gasteiger partial charge in [0.25, 0.3) is 5.91 Å². The Labute approximate surface area is 135 Å². The molecule has 6 heteroatoms. The maximum Gasteiger partial charge on any atom is 0.257 e. The summed E-state index contributed by atoms with van der Waals surface area (Å²) in [6.07, 6.45) is -0.935. The van der Waals surface area contributed by atoms with Crippen molar-refractivity contribution < 1.29 is 19.2 Å². The van der Waals surface area contributed by atoms with E-state index in [4.69, 9.17) is 9.26 Å². The van der Waals surface area contributed by atoms with Crippen LogP contribution in [0.15, 0.2) is 28.8 Å². The van der Waals surface area contributed by atoms with Crippen LogP contribution in [-0.2, 0) is 0 Å². The normalized spacial score (nSPS) is 12.8. The molecule has 2 N–H and O–H groups in total. The van der Waals surface area contributed by atoms with Gasteiger partial charge in [0.15, 0.2) is 5.76 Å². The highest BCUT2D eigenvalue weighted by molar-refractivity contribution is 6.01. The highest BCUT2D eigenvalue weighted by Crippen LogP contribution is 2.30. The molecule has 0 unspecified atom stereocenters. The number of ether oxygens (including phenoxy) is 1. The summed E-state index contributed by atoms with van der Waals surface area (Å²) in [4.78, 5) is 12.6. The lowest BCUT2D eigenvalue weighted by atomic mass is 10.0. The summed E-state index contributed by atoms with van der Waals surface area (Å²) in [7, 11) is 1.58. The van der Waals surface area contributed by atoms with Crippen molar-refractivity contribution >= 4 is 5.91 Å². The van der Waals surface area contributed by atoms with Crippen molar-refractivity contribution in [2.75, 3.05) is 7.11 Å². The van der Waals surface area contributed by atoms with E-state index in [1.807, 2.05) is 20.8 Å². The predicted molar refractivity (Wildman–Crippen MR) is 86.3 cm³/mol. The van der Waals surface area contributed by atoms with Gasteiger partial charge in [-0.2, -0.15) is 0 Å². The first-order valence-corrected chi connectivity index (χ1v) is 7.37. The lowest BCUT2D eigenvalue weighted by molar-refractivity contribution is 0.0907. The lowest BCUT2D eigenvalue weighted by Crippen LogP contribution is -2.41. The second kappa shape index (κ2) is 6.42. The summed E-state index contributed by atoms with van der Waals surface area (Å²) in [5.41, 5.74) is 0.938. The van der Waals surface area contributed by atoms with Gasteiger partial charge in [-0.1, -0.05) is 5.16 Å². The van der Waals surface area contributed by atoms with Crippen molar-refractivity contribution in [1.82, 2.24) is 10.5 Å². The van der Waals surface area contributed by atoms with E-state index in [9.17, 15) is 9.90 Å². The van der Waals surface area contributed by atoms with Crippen molar-refractivity contribution in [2.24, 2.45) is 0 Å². The van der Waals surface area contributed by atoms with Crippen LogP contribution in [-0.4, -0.2) is 28.8 Å². The molecule has 2 rings (SSSR count). The van der Waals surface area contributed by atoms with Gasteiger partial charge >= 0.3 is 0 Å². The molecule has 0 radical (unpaired) electrons. The average Bonchev–Trinajstić information content (AvgIpc) is 2.90.